The number of epoxide rings is 1. The normalized spacial score (nSPS) is 26.3. The monoisotopic (exact) mass is 678 g/mol. The van der Waals surface area contributed by atoms with Crippen molar-refractivity contribution < 1.29 is 38.4 Å². The molecule has 6 unspecified atom stereocenters. The number of hydrogen-bond acceptors (Lipinski definition) is 8. The zero-order valence-electron chi connectivity index (χ0n) is 27.7. The number of carbonyl (C=O) groups excluding carboxylic acids is 3. The maximum Gasteiger partial charge on any atom is 0.338 e. The fraction of sp³-hybridized carbons (Fsp3) is 0.375. The third kappa shape index (κ3) is 7.58. The van der Waals surface area contributed by atoms with Gasteiger partial charge in [0, 0.05) is 42.6 Å². The summed E-state index contributed by atoms with van der Waals surface area (Å²) in [5.74, 6) is -2.07. The molecule has 0 radical (unpaired) electrons. The van der Waals surface area contributed by atoms with E-state index in [2.05, 4.69) is 22.8 Å². The minimum Gasteiger partial charge on any atom is -0.456 e. The molecule has 3 aromatic rings. The summed E-state index contributed by atoms with van der Waals surface area (Å²) in [7, 11) is 0. The highest BCUT2D eigenvalue weighted by Gasteiger charge is 2.55. The summed E-state index contributed by atoms with van der Waals surface area (Å²) in [4.78, 5) is 39.3. The van der Waals surface area contributed by atoms with Crippen molar-refractivity contribution in [1.29, 1.82) is 0 Å². The third-order valence-corrected chi connectivity index (χ3v) is 9.74. The first-order chi connectivity index (χ1) is 24.4. The number of allylic oxidation sites excluding steroid dienone is 1. The Morgan fingerprint density at radius 1 is 0.880 bits per heavy atom. The second-order valence-corrected chi connectivity index (χ2v) is 13.2. The lowest BCUT2D eigenvalue weighted by Gasteiger charge is -2.31. The van der Waals surface area contributed by atoms with E-state index in [9.17, 15) is 14.4 Å². The van der Waals surface area contributed by atoms with Crippen LogP contribution in [0.2, 0.25) is 0 Å². The van der Waals surface area contributed by atoms with Gasteiger partial charge in [0.05, 0.1) is 24.4 Å². The summed E-state index contributed by atoms with van der Waals surface area (Å²) in [6.07, 6.45) is 7.88. The van der Waals surface area contributed by atoms with E-state index in [0.717, 1.165) is 36.0 Å². The predicted octanol–water partition coefficient (Wildman–Crippen LogP) is 4.42. The minimum absolute atomic E-state index is 0.0502. The van der Waals surface area contributed by atoms with E-state index in [1.165, 1.54) is 0 Å². The van der Waals surface area contributed by atoms with Crippen LogP contribution in [-0.2, 0) is 34.3 Å². The van der Waals surface area contributed by atoms with Crippen LogP contribution in [0.3, 0.4) is 0 Å². The molecule has 6 atom stereocenters. The van der Waals surface area contributed by atoms with Crippen LogP contribution in [-0.4, -0.2) is 73.1 Å². The lowest BCUT2D eigenvalue weighted by atomic mass is 9.88. The van der Waals surface area contributed by atoms with Crippen molar-refractivity contribution >= 4 is 23.9 Å². The second-order valence-electron chi connectivity index (χ2n) is 13.2. The molecule has 7 rings (SSSR count). The van der Waals surface area contributed by atoms with Crippen LogP contribution in [0.4, 0.5) is 0 Å². The summed E-state index contributed by atoms with van der Waals surface area (Å²) in [6, 6.07) is 26.5. The van der Waals surface area contributed by atoms with Crippen molar-refractivity contribution in [3.05, 3.63) is 125 Å². The van der Waals surface area contributed by atoms with Gasteiger partial charge in [-0.15, -0.1) is 0 Å². The Morgan fingerprint density at radius 2 is 1.64 bits per heavy atom. The van der Waals surface area contributed by atoms with Gasteiger partial charge >= 0.3 is 5.97 Å². The summed E-state index contributed by atoms with van der Waals surface area (Å²) >= 11 is 0. The third-order valence-electron chi connectivity index (χ3n) is 9.74. The fourth-order valence-electron chi connectivity index (χ4n) is 7.11. The van der Waals surface area contributed by atoms with Crippen LogP contribution >= 0.6 is 0 Å². The topological polar surface area (TPSA) is 136 Å². The lowest BCUT2D eigenvalue weighted by molar-refractivity contribution is -0.157. The number of carbonyl (C=O) groups is 3. The summed E-state index contributed by atoms with van der Waals surface area (Å²) in [5, 5.41) is 14.3. The molecule has 50 heavy (non-hydrogen) atoms. The van der Waals surface area contributed by atoms with Gasteiger partial charge in [-0.25, -0.2) is 4.79 Å². The van der Waals surface area contributed by atoms with Gasteiger partial charge in [0.25, 0.3) is 0 Å². The molecule has 10 nitrogen and oxygen atoms in total. The zero-order valence-corrected chi connectivity index (χ0v) is 27.7. The van der Waals surface area contributed by atoms with Crippen LogP contribution < -0.4 is 10.6 Å². The van der Waals surface area contributed by atoms with E-state index in [-0.39, 0.29) is 38.4 Å². The molecule has 2 saturated heterocycles. The number of hydrogen-bond donors (Lipinski definition) is 3. The number of benzene rings is 3. The number of rotatable bonds is 12. The van der Waals surface area contributed by atoms with Gasteiger partial charge in [-0.2, -0.15) is 0 Å². The molecule has 1 saturated carbocycles. The van der Waals surface area contributed by atoms with E-state index >= 15 is 0 Å². The number of aliphatic hydroxyl groups excluding tert-OH is 1. The minimum atomic E-state index is -1.31. The molecular weight excluding hydrogens is 636 g/mol. The molecule has 4 aliphatic rings. The van der Waals surface area contributed by atoms with Crippen LogP contribution in [0.1, 0.15) is 59.2 Å². The Morgan fingerprint density at radius 3 is 2.36 bits per heavy atom. The Kier molecular flexibility index (Phi) is 10.2. The molecule has 2 amide bonds. The van der Waals surface area contributed by atoms with Gasteiger partial charge in [0.15, 0.2) is 0 Å². The summed E-state index contributed by atoms with van der Waals surface area (Å²) in [5.41, 5.74) is 3.19. The van der Waals surface area contributed by atoms with E-state index < -0.39 is 36.0 Å². The smallest absolute Gasteiger partial charge is 0.338 e. The SMILES string of the molecule is O=C(CCNC(=O)C1=CC2OC(c3ccccc3)(c3ccccc3)OC2C(OC(=O)c2cccc(C=CC3CCC4OC4C3)c2)C1)NCCO. The first-order valence-electron chi connectivity index (χ1n) is 17.4. The number of aliphatic hydroxyl groups is 1. The van der Waals surface area contributed by atoms with Crippen LogP contribution in [0.25, 0.3) is 6.08 Å². The average molecular weight is 679 g/mol. The lowest BCUT2D eigenvalue weighted by Crippen LogP contribution is -2.44. The number of amides is 2. The van der Waals surface area contributed by atoms with Gasteiger partial charge in [-0.05, 0) is 49.0 Å². The van der Waals surface area contributed by atoms with Crippen molar-refractivity contribution in [3.8, 4) is 0 Å². The molecule has 3 aromatic carbocycles. The standard InChI is InChI=1S/C40H42N2O8/c43-21-20-41-36(44)18-19-42-38(45)29-24-34(48-39(46)28-9-7-8-26(22-28)14-15-27-16-17-32-33(23-27)47-32)37-35(25-29)49-40(50-37,30-10-3-1-4-11-30)31-12-5-2-6-13-31/h1-15,22,25,27,32-35,37,43H,16-21,23-24H2,(H,41,44)(H,42,45). The van der Waals surface area contributed by atoms with E-state index in [1.54, 1.807) is 12.1 Å². The number of esters is 1. The van der Waals surface area contributed by atoms with Gasteiger partial charge in [-0.3, -0.25) is 9.59 Å². The number of fused-ring (bicyclic) bond motifs is 2. The molecule has 2 aliphatic carbocycles. The quantitative estimate of drug-likeness (QED) is 0.189. The molecule has 0 bridgehead atoms. The summed E-state index contributed by atoms with van der Waals surface area (Å²) < 4.78 is 25.4. The molecule has 260 valence electrons. The van der Waals surface area contributed by atoms with Gasteiger partial charge in [-0.1, -0.05) is 84.9 Å². The van der Waals surface area contributed by atoms with Crippen LogP contribution in [0.15, 0.2) is 103 Å². The highest BCUT2D eigenvalue weighted by Crippen LogP contribution is 2.47. The highest BCUT2D eigenvalue weighted by molar-refractivity contribution is 5.94. The Labute approximate surface area is 291 Å². The van der Waals surface area contributed by atoms with Crippen molar-refractivity contribution in [2.75, 3.05) is 19.7 Å². The molecular formula is C40H42N2O8. The Hall–Kier alpha value is -4.61. The van der Waals surface area contributed by atoms with Crippen LogP contribution in [0, 0.1) is 5.92 Å². The van der Waals surface area contributed by atoms with Crippen molar-refractivity contribution in [3.63, 3.8) is 0 Å². The molecule has 10 heteroatoms. The van der Waals surface area contributed by atoms with Gasteiger partial charge in [0.2, 0.25) is 17.6 Å². The molecule has 0 spiro atoms. The van der Waals surface area contributed by atoms with Crippen molar-refractivity contribution in [2.45, 2.75) is 68.4 Å². The van der Waals surface area contributed by atoms with E-state index in [1.807, 2.05) is 78.9 Å². The molecule has 0 aromatic heterocycles. The van der Waals surface area contributed by atoms with Gasteiger partial charge in [0.1, 0.15) is 18.3 Å². The molecule has 2 heterocycles. The average Bonchev–Trinajstić information content (AvgIpc) is 3.82. The first kappa shape index (κ1) is 33.9. The summed E-state index contributed by atoms with van der Waals surface area (Å²) in [6.45, 7) is 0.0733. The van der Waals surface area contributed by atoms with E-state index in [4.69, 9.17) is 24.1 Å². The first-order valence-corrected chi connectivity index (χ1v) is 17.4. The highest BCUT2D eigenvalue weighted by atomic mass is 16.8. The zero-order chi connectivity index (χ0) is 34.5. The fourth-order valence-corrected chi connectivity index (χ4v) is 7.11. The molecule has 3 fully saturated rings. The molecule has 2 aliphatic heterocycles. The van der Waals surface area contributed by atoms with Crippen molar-refractivity contribution in [2.24, 2.45) is 5.92 Å². The van der Waals surface area contributed by atoms with Crippen molar-refractivity contribution in [1.82, 2.24) is 10.6 Å². The predicted molar refractivity (Wildman–Crippen MR) is 185 cm³/mol. The molecule has 3 N–H and O–H groups in total. The largest absolute Gasteiger partial charge is 0.456 e. The second kappa shape index (κ2) is 15.1. The maximum atomic E-state index is 13.8. The van der Waals surface area contributed by atoms with E-state index in [0.29, 0.717) is 29.3 Å². The Bertz CT molecular complexity index is 1700. The van der Waals surface area contributed by atoms with Gasteiger partial charge < -0.3 is 34.7 Å². The maximum absolute atomic E-state index is 13.8. The number of nitrogens with one attached hydrogen (secondary N) is 2. The van der Waals surface area contributed by atoms with Crippen LogP contribution in [0.5, 0.6) is 0 Å². The Balaban J connectivity index is 1.12. The number of ether oxygens (including phenoxy) is 4.